The number of aryl methyl sites for hydroxylation is 1. The van der Waals surface area contributed by atoms with Gasteiger partial charge in [0.25, 0.3) is 5.56 Å². The monoisotopic (exact) mass is 355 g/mol. The first kappa shape index (κ1) is 17.9. The Balaban J connectivity index is 1.52. The van der Waals surface area contributed by atoms with Gasteiger partial charge in [0.2, 0.25) is 5.91 Å². The zero-order valence-electron chi connectivity index (χ0n) is 14.3. The summed E-state index contributed by atoms with van der Waals surface area (Å²) in [6.45, 7) is 0.296. The summed E-state index contributed by atoms with van der Waals surface area (Å²) < 4.78 is 5.26. The van der Waals surface area contributed by atoms with E-state index in [1.807, 2.05) is 24.3 Å². The topological polar surface area (TPSA) is 108 Å². The van der Waals surface area contributed by atoms with E-state index in [-0.39, 0.29) is 36.8 Å². The molecule has 0 saturated carbocycles. The van der Waals surface area contributed by atoms with Crippen molar-refractivity contribution in [3.8, 4) is 0 Å². The van der Waals surface area contributed by atoms with E-state index in [0.29, 0.717) is 29.7 Å². The number of hydrogen-bond donors (Lipinski definition) is 3. The van der Waals surface area contributed by atoms with Crippen molar-refractivity contribution < 1.29 is 14.3 Å². The zero-order chi connectivity index (χ0) is 18.4. The van der Waals surface area contributed by atoms with Gasteiger partial charge in [-0.3, -0.25) is 9.59 Å². The Labute approximate surface area is 150 Å². The van der Waals surface area contributed by atoms with Gasteiger partial charge in [0, 0.05) is 38.3 Å². The molecular formula is C19H21N3O4. The summed E-state index contributed by atoms with van der Waals surface area (Å²) >= 11 is 0. The summed E-state index contributed by atoms with van der Waals surface area (Å²) in [5.41, 5.74) is 1.44. The van der Waals surface area contributed by atoms with Crippen LogP contribution in [0, 0.1) is 5.92 Å². The molecule has 0 fully saturated rings. The number of aromatic amines is 1. The summed E-state index contributed by atoms with van der Waals surface area (Å²) in [4.78, 5) is 31.2. The van der Waals surface area contributed by atoms with Crippen LogP contribution in [0.4, 0.5) is 0 Å². The Morgan fingerprint density at radius 2 is 2.12 bits per heavy atom. The average molecular weight is 355 g/mol. The maximum Gasteiger partial charge on any atom is 0.270 e. The Kier molecular flexibility index (Phi) is 5.80. The molecule has 3 N–H and O–H groups in total. The highest BCUT2D eigenvalue weighted by Crippen LogP contribution is 2.09. The number of benzene rings is 1. The van der Waals surface area contributed by atoms with Crippen LogP contribution in [0.25, 0.3) is 11.0 Å². The first-order valence-electron chi connectivity index (χ1n) is 8.53. The molecule has 2 aromatic heterocycles. The molecule has 0 saturated heterocycles. The van der Waals surface area contributed by atoms with Crippen molar-refractivity contribution in [2.75, 3.05) is 13.2 Å². The molecule has 1 amide bonds. The van der Waals surface area contributed by atoms with Crippen LogP contribution in [-0.4, -0.2) is 34.1 Å². The van der Waals surface area contributed by atoms with Crippen LogP contribution in [0.3, 0.4) is 0 Å². The van der Waals surface area contributed by atoms with Crippen LogP contribution in [0.5, 0.6) is 0 Å². The molecule has 3 rings (SSSR count). The predicted octanol–water partition coefficient (Wildman–Crippen LogP) is 1.42. The van der Waals surface area contributed by atoms with E-state index in [9.17, 15) is 14.7 Å². The number of aliphatic hydroxyl groups is 1. The van der Waals surface area contributed by atoms with E-state index < -0.39 is 0 Å². The second-order valence-electron chi connectivity index (χ2n) is 6.17. The minimum atomic E-state index is -0.275. The molecule has 0 aliphatic rings. The number of para-hydroxylation sites is 2. The smallest absolute Gasteiger partial charge is 0.270 e. The molecule has 0 spiro atoms. The van der Waals surface area contributed by atoms with Crippen LogP contribution < -0.4 is 10.9 Å². The Morgan fingerprint density at radius 3 is 2.88 bits per heavy atom. The number of hydrogen-bond acceptors (Lipinski definition) is 5. The Bertz CT molecular complexity index is 918. The first-order valence-corrected chi connectivity index (χ1v) is 8.53. The van der Waals surface area contributed by atoms with Gasteiger partial charge in [-0.2, -0.15) is 0 Å². The summed E-state index contributed by atoms with van der Waals surface area (Å²) in [5.74, 6) is 0.467. The van der Waals surface area contributed by atoms with E-state index in [2.05, 4.69) is 15.3 Å². The van der Waals surface area contributed by atoms with Gasteiger partial charge in [-0.05, 0) is 24.3 Å². The fraction of sp³-hybridized carbons (Fsp3) is 0.316. The van der Waals surface area contributed by atoms with Crippen LogP contribution in [0.1, 0.15) is 17.9 Å². The number of aliphatic hydroxyl groups excluding tert-OH is 1. The third-order valence-corrected chi connectivity index (χ3v) is 4.17. The maximum absolute atomic E-state index is 12.1. The lowest BCUT2D eigenvalue weighted by atomic mass is 10.0. The number of nitrogens with one attached hydrogen (secondary N) is 2. The molecule has 26 heavy (non-hydrogen) atoms. The molecule has 0 unspecified atom stereocenters. The van der Waals surface area contributed by atoms with Gasteiger partial charge < -0.3 is 19.8 Å². The normalized spacial score (nSPS) is 12.2. The van der Waals surface area contributed by atoms with Gasteiger partial charge in [0.1, 0.15) is 11.5 Å². The van der Waals surface area contributed by atoms with Crippen LogP contribution in [0.2, 0.25) is 0 Å². The van der Waals surface area contributed by atoms with E-state index in [4.69, 9.17) is 4.42 Å². The third-order valence-electron chi connectivity index (χ3n) is 4.17. The number of amides is 1. The van der Waals surface area contributed by atoms with Crippen molar-refractivity contribution in [2.45, 2.75) is 19.3 Å². The Hall–Kier alpha value is -2.93. The van der Waals surface area contributed by atoms with Crippen LogP contribution in [-0.2, 0) is 17.6 Å². The highest BCUT2D eigenvalue weighted by atomic mass is 16.3. The lowest BCUT2D eigenvalue weighted by molar-refractivity contribution is -0.121. The largest absolute Gasteiger partial charge is 0.469 e. The summed E-state index contributed by atoms with van der Waals surface area (Å²) in [6.07, 6.45) is 2.55. The van der Waals surface area contributed by atoms with Crippen molar-refractivity contribution in [3.05, 3.63) is 64.5 Å². The average Bonchev–Trinajstić information content (AvgIpc) is 3.16. The number of nitrogens with zero attached hydrogens (tertiary/aromatic N) is 1. The van der Waals surface area contributed by atoms with Crippen LogP contribution in [0.15, 0.2) is 51.9 Å². The fourth-order valence-corrected chi connectivity index (χ4v) is 2.73. The number of fused-ring (bicyclic) bond motifs is 1. The lowest BCUT2D eigenvalue weighted by Crippen LogP contribution is -2.32. The minimum absolute atomic E-state index is 0.0487. The maximum atomic E-state index is 12.1. The van der Waals surface area contributed by atoms with Gasteiger partial charge in [-0.15, -0.1) is 0 Å². The van der Waals surface area contributed by atoms with Gasteiger partial charge in [0.05, 0.1) is 17.3 Å². The number of rotatable bonds is 8. The van der Waals surface area contributed by atoms with E-state index in [1.165, 1.54) is 0 Å². The van der Waals surface area contributed by atoms with Crippen molar-refractivity contribution in [1.82, 2.24) is 15.3 Å². The lowest BCUT2D eigenvalue weighted by Gasteiger charge is -2.13. The SMILES string of the molecule is O=C(CCc1nc2ccccc2[nH]c1=O)NC[C@@H](CO)Cc1ccco1. The standard InChI is InChI=1S/C19H21N3O4/c23-12-13(10-14-4-3-9-26-14)11-20-18(24)8-7-17-19(25)22-16-6-2-1-5-15(16)21-17/h1-6,9,13,23H,7-8,10-12H2,(H,20,24)(H,22,25)/t13-/m0/s1. The molecular weight excluding hydrogens is 334 g/mol. The van der Waals surface area contributed by atoms with Gasteiger partial charge in [-0.25, -0.2) is 4.98 Å². The second kappa shape index (κ2) is 8.44. The fourth-order valence-electron chi connectivity index (χ4n) is 2.73. The van der Waals surface area contributed by atoms with Crippen molar-refractivity contribution >= 4 is 16.9 Å². The van der Waals surface area contributed by atoms with Crippen molar-refractivity contribution in [2.24, 2.45) is 5.92 Å². The van der Waals surface area contributed by atoms with Crippen molar-refractivity contribution in [1.29, 1.82) is 0 Å². The third kappa shape index (κ3) is 4.58. The summed E-state index contributed by atoms with van der Waals surface area (Å²) in [6, 6.07) is 10.9. The summed E-state index contributed by atoms with van der Waals surface area (Å²) in [7, 11) is 0. The minimum Gasteiger partial charge on any atom is -0.469 e. The number of carbonyl (C=O) groups is 1. The number of furan rings is 1. The molecule has 2 heterocycles. The number of aromatic nitrogens is 2. The van der Waals surface area contributed by atoms with E-state index in [1.54, 1.807) is 18.4 Å². The predicted molar refractivity (Wildman–Crippen MR) is 96.7 cm³/mol. The quantitative estimate of drug-likeness (QED) is 0.566. The molecule has 3 aromatic rings. The molecule has 7 heteroatoms. The summed E-state index contributed by atoms with van der Waals surface area (Å²) in [5, 5.41) is 12.2. The molecule has 0 aliphatic carbocycles. The highest BCUT2D eigenvalue weighted by molar-refractivity contribution is 5.76. The molecule has 0 radical (unpaired) electrons. The van der Waals surface area contributed by atoms with Gasteiger partial charge in [-0.1, -0.05) is 12.1 Å². The van der Waals surface area contributed by atoms with Gasteiger partial charge in [0.15, 0.2) is 0 Å². The highest BCUT2D eigenvalue weighted by Gasteiger charge is 2.13. The first-order chi connectivity index (χ1) is 12.7. The number of carbonyl (C=O) groups excluding carboxylic acids is 1. The molecule has 1 atom stereocenters. The molecule has 0 bridgehead atoms. The van der Waals surface area contributed by atoms with Gasteiger partial charge >= 0.3 is 0 Å². The van der Waals surface area contributed by atoms with Crippen molar-refractivity contribution in [3.63, 3.8) is 0 Å². The molecule has 1 aromatic carbocycles. The molecule has 7 nitrogen and oxygen atoms in total. The zero-order valence-corrected chi connectivity index (χ0v) is 14.3. The Morgan fingerprint density at radius 1 is 1.27 bits per heavy atom. The molecule has 136 valence electrons. The van der Waals surface area contributed by atoms with E-state index in [0.717, 1.165) is 5.76 Å². The molecule has 0 aliphatic heterocycles. The second-order valence-corrected chi connectivity index (χ2v) is 6.17. The van der Waals surface area contributed by atoms with E-state index >= 15 is 0 Å². The van der Waals surface area contributed by atoms with Crippen LogP contribution >= 0.6 is 0 Å². The number of H-pyrrole nitrogens is 1.